The average Bonchev–Trinajstić information content (AvgIpc) is 3.22. The lowest BCUT2D eigenvalue weighted by Crippen LogP contribution is -2.44. The fourth-order valence-electron chi connectivity index (χ4n) is 3.83. The lowest BCUT2D eigenvalue weighted by molar-refractivity contribution is -0.386. The Hall–Kier alpha value is -3.17. The normalized spacial score (nSPS) is 16.9. The van der Waals surface area contributed by atoms with Gasteiger partial charge >= 0.3 is 0 Å². The van der Waals surface area contributed by atoms with E-state index < -0.39 is 11.0 Å². The fraction of sp³-hybridized carbons (Fsp3) is 0.409. The third kappa shape index (κ3) is 4.47. The summed E-state index contributed by atoms with van der Waals surface area (Å²) in [5.41, 5.74) is 1.89. The van der Waals surface area contributed by atoms with Crippen LogP contribution in [0, 0.1) is 10.1 Å². The van der Waals surface area contributed by atoms with E-state index in [1.165, 1.54) is 6.07 Å². The van der Waals surface area contributed by atoms with E-state index in [-0.39, 0.29) is 24.0 Å². The van der Waals surface area contributed by atoms with Gasteiger partial charge in [0.05, 0.1) is 29.8 Å². The van der Waals surface area contributed by atoms with Crippen molar-refractivity contribution in [1.82, 2.24) is 4.90 Å². The fourth-order valence-corrected chi connectivity index (χ4v) is 3.83. The van der Waals surface area contributed by atoms with Crippen LogP contribution in [0.3, 0.4) is 0 Å². The van der Waals surface area contributed by atoms with Crippen LogP contribution in [0.4, 0.5) is 11.4 Å². The molecule has 2 aliphatic heterocycles. The van der Waals surface area contributed by atoms with E-state index in [1.807, 2.05) is 29.2 Å². The van der Waals surface area contributed by atoms with Gasteiger partial charge in [-0.05, 0) is 29.7 Å². The molecular formula is C22H25N3O6. The Bertz CT molecular complexity index is 970. The SMILES string of the molecule is CC(C)c1ccc(NC(=O)[C@H](c2cc3c(cc2[N+](=O)[O-])OCO3)N2CCOCC2)cc1. The molecule has 2 aromatic carbocycles. The highest BCUT2D eigenvalue weighted by molar-refractivity contribution is 5.96. The second kappa shape index (κ2) is 8.91. The monoisotopic (exact) mass is 427 g/mol. The Labute approximate surface area is 180 Å². The van der Waals surface area contributed by atoms with Gasteiger partial charge < -0.3 is 19.5 Å². The maximum absolute atomic E-state index is 13.4. The van der Waals surface area contributed by atoms with Crippen molar-refractivity contribution >= 4 is 17.3 Å². The number of nitrogens with one attached hydrogen (secondary N) is 1. The first-order chi connectivity index (χ1) is 14.9. The molecular weight excluding hydrogens is 402 g/mol. The lowest BCUT2D eigenvalue weighted by Gasteiger charge is -2.33. The summed E-state index contributed by atoms with van der Waals surface area (Å²) in [6.07, 6.45) is 0. The van der Waals surface area contributed by atoms with Crippen molar-refractivity contribution < 1.29 is 23.9 Å². The Morgan fingerprint density at radius 3 is 2.35 bits per heavy atom. The van der Waals surface area contributed by atoms with Crippen LogP contribution in [0.5, 0.6) is 11.5 Å². The molecule has 1 amide bonds. The quantitative estimate of drug-likeness (QED) is 0.556. The second-order valence-electron chi connectivity index (χ2n) is 7.84. The number of anilines is 1. The molecule has 1 N–H and O–H groups in total. The number of nitro groups is 1. The summed E-state index contributed by atoms with van der Waals surface area (Å²) in [6.45, 7) is 6.05. The van der Waals surface area contributed by atoms with E-state index in [0.717, 1.165) is 5.56 Å². The van der Waals surface area contributed by atoms with Gasteiger partial charge in [0.15, 0.2) is 11.5 Å². The molecule has 9 nitrogen and oxygen atoms in total. The minimum atomic E-state index is -0.872. The zero-order valence-corrected chi connectivity index (χ0v) is 17.5. The smallest absolute Gasteiger partial charge is 0.278 e. The highest BCUT2D eigenvalue weighted by atomic mass is 16.7. The van der Waals surface area contributed by atoms with Crippen LogP contribution in [0.1, 0.15) is 36.9 Å². The zero-order chi connectivity index (χ0) is 22.0. The standard InChI is InChI=1S/C22H25N3O6/c1-14(2)15-3-5-16(6-4-15)23-22(26)21(24-7-9-29-10-8-24)17-11-19-20(31-13-30-19)12-18(17)25(27)28/h3-6,11-12,14,21H,7-10,13H2,1-2H3,(H,23,26)/t21-/m0/s1. The summed E-state index contributed by atoms with van der Waals surface area (Å²) in [5.74, 6) is 0.733. The van der Waals surface area contributed by atoms with Gasteiger partial charge in [-0.1, -0.05) is 26.0 Å². The van der Waals surface area contributed by atoms with Gasteiger partial charge in [0.2, 0.25) is 12.7 Å². The molecule has 2 heterocycles. The number of fused-ring (bicyclic) bond motifs is 1. The van der Waals surface area contributed by atoms with Crippen molar-refractivity contribution in [1.29, 1.82) is 0 Å². The highest BCUT2D eigenvalue weighted by Gasteiger charge is 2.36. The molecule has 0 radical (unpaired) electrons. The van der Waals surface area contributed by atoms with Gasteiger partial charge in [-0.15, -0.1) is 0 Å². The lowest BCUT2D eigenvalue weighted by atomic mass is 10.00. The van der Waals surface area contributed by atoms with Gasteiger partial charge in [0.25, 0.3) is 5.69 Å². The molecule has 1 saturated heterocycles. The molecule has 164 valence electrons. The van der Waals surface area contributed by atoms with Crippen LogP contribution in [0.2, 0.25) is 0 Å². The summed E-state index contributed by atoms with van der Waals surface area (Å²) in [4.78, 5) is 26.6. The first-order valence-corrected chi connectivity index (χ1v) is 10.2. The van der Waals surface area contributed by atoms with E-state index in [9.17, 15) is 14.9 Å². The second-order valence-corrected chi connectivity index (χ2v) is 7.84. The Morgan fingerprint density at radius 1 is 1.10 bits per heavy atom. The minimum absolute atomic E-state index is 0.00738. The van der Waals surface area contributed by atoms with Crippen molar-refractivity contribution in [2.24, 2.45) is 0 Å². The first kappa shape index (κ1) is 21.1. The number of hydrogen-bond acceptors (Lipinski definition) is 7. The number of rotatable bonds is 6. The third-order valence-electron chi connectivity index (χ3n) is 5.52. The molecule has 0 saturated carbocycles. The average molecular weight is 427 g/mol. The molecule has 1 atom stereocenters. The van der Waals surface area contributed by atoms with Crippen LogP contribution in [0.15, 0.2) is 36.4 Å². The predicted octanol–water partition coefficient (Wildman–Crippen LogP) is 3.46. The Morgan fingerprint density at radius 2 is 1.74 bits per heavy atom. The van der Waals surface area contributed by atoms with Crippen LogP contribution < -0.4 is 14.8 Å². The highest BCUT2D eigenvalue weighted by Crippen LogP contribution is 2.42. The molecule has 4 rings (SSSR count). The molecule has 0 aliphatic carbocycles. The van der Waals surface area contributed by atoms with Gasteiger partial charge in [-0.25, -0.2) is 0 Å². The largest absolute Gasteiger partial charge is 0.454 e. The van der Waals surface area contributed by atoms with Gasteiger partial charge in [0, 0.05) is 18.8 Å². The summed E-state index contributed by atoms with van der Waals surface area (Å²) < 4.78 is 16.1. The number of amides is 1. The molecule has 0 aromatic heterocycles. The molecule has 31 heavy (non-hydrogen) atoms. The van der Waals surface area contributed by atoms with Crippen LogP contribution >= 0.6 is 0 Å². The van der Waals surface area contributed by atoms with Crippen molar-refractivity contribution in [2.75, 3.05) is 38.4 Å². The zero-order valence-electron chi connectivity index (χ0n) is 17.5. The summed E-state index contributed by atoms with van der Waals surface area (Å²) >= 11 is 0. The molecule has 0 bridgehead atoms. The number of morpholine rings is 1. The maximum atomic E-state index is 13.4. The molecule has 9 heteroatoms. The number of nitrogens with zero attached hydrogens (tertiary/aromatic N) is 2. The number of carbonyl (C=O) groups excluding carboxylic acids is 1. The molecule has 2 aromatic rings. The van der Waals surface area contributed by atoms with E-state index in [4.69, 9.17) is 14.2 Å². The van der Waals surface area contributed by atoms with E-state index in [1.54, 1.807) is 6.07 Å². The van der Waals surface area contributed by atoms with Gasteiger partial charge in [0.1, 0.15) is 6.04 Å². The Balaban J connectivity index is 1.69. The molecule has 0 spiro atoms. The van der Waals surface area contributed by atoms with Crippen molar-refractivity contribution in [3.63, 3.8) is 0 Å². The van der Waals surface area contributed by atoms with Crippen molar-refractivity contribution in [2.45, 2.75) is 25.8 Å². The van der Waals surface area contributed by atoms with Gasteiger partial charge in [-0.2, -0.15) is 0 Å². The number of nitro benzene ring substituents is 1. The van der Waals surface area contributed by atoms with Gasteiger partial charge in [-0.3, -0.25) is 19.8 Å². The third-order valence-corrected chi connectivity index (χ3v) is 5.52. The Kier molecular flexibility index (Phi) is 6.06. The van der Waals surface area contributed by atoms with Crippen LogP contribution in [-0.2, 0) is 9.53 Å². The van der Waals surface area contributed by atoms with E-state index in [2.05, 4.69) is 19.2 Å². The van der Waals surface area contributed by atoms with Crippen LogP contribution in [-0.4, -0.2) is 48.8 Å². The first-order valence-electron chi connectivity index (χ1n) is 10.2. The van der Waals surface area contributed by atoms with E-state index >= 15 is 0 Å². The molecule has 1 fully saturated rings. The molecule has 2 aliphatic rings. The van der Waals surface area contributed by atoms with E-state index in [0.29, 0.717) is 49.4 Å². The minimum Gasteiger partial charge on any atom is -0.454 e. The number of carbonyl (C=O) groups is 1. The number of benzene rings is 2. The summed E-state index contributed by atoms with van der Waals surface area (Å²) in [7, 11) is 0. The maximum Gasteiger partial charge on any atom is 0.278 e. The van der Waals surface area contributed by atoms with Crippen molar-refractivity contribution in [3.05, 3.63) is 57.6 Å². The molecule has 0 unspecified atom stereocenters. The predicted molar refractivity (Wildman–Crippen MR) is 114 cm³/mol. The van der Waals surface area contributed by atoms with Crippen molar-refractivity contribution in [3.8, 4) is 11.5 Å². The number of ether oxygens (including phenoxy) is 3. The topological polar surface area (TPSA) is 103 Å². The number of hydrogen-bond donors (Lipinski definition) is 1. The summed E-state index contributed by atoms with van der Waals surface area (Å²) in [6, 6.07) is 9.62. The van der Waals surface area contributed by atoms with Crippen LogP contribution in [0.25, 0.3) is 0 Å². The summed E-state index contributed by atoms with van der Waals surface area (Å²) in [5, 5.41) is 14.7.